The Labute approximate surface area is 88.8 Å². The first-order chi connectivity index (χ1) is 6.88. The third kappa shape index (κ3) is 3.12. The van der Waals surface area contributed by atoms with Crippen molar-refractivity contribution in [3.63, 3.8) is 0 Å². The fourth-order valence-corrected chi connectivity index (χ4v) is 1.56. The van der Waals surface area contributed by atoms with Gasteiger partial charge in [-0.1, -0.05) is 36.4 Å². The molecule has 0 heterocycles. The van der Waals surface area contributed by atoms with Gasteiger partial charge in [0.1, 0.15) is 6.07 Å². The first-order valence-corrected chi connectivity index (χ1v) is 5.31. The highest BCUT2D eigenvalue weighted by Crippen LogP contribution is 2.17. The van der Waals surface area contributed by atoms with E-state index in [-0.39, 0.29) is 0 Å². The highest BCUT2D eigenvalue weighted by atomic mass is 32.2. The summed E-state index contributed by atoms with van der Waals surface area (Å²) < 4.78 is 0. The Bertz CT molecular complexity index is 360. The molecule has 0 amide bonds. The van der Waals surface area contributed by atoms with Gasteiger partial charge in [-0.05, 0) is 11.0 Å². The van der Waals surface area contributed by atoms with Crippen LogP contribution in [0.15, 0.2) is 48.4 Å². The van der Waals surface area contributed by atoms with Crippen LogP contribution in [-0.4, -0.2) is 5.75 Å². The third-order valence-corrected chi connectivity index (χ3v) is 2.45. The summed E-state index contributed by atoms with van der Waals surface area (Å²) in [5, 5.41) is 10.8. The molecule has 0 saturated carbocycles. The summed E-state index contributed by atoms with van der Waals surface area (Å²) in [5.74, 6) is 0.831. The molecular weight excluding hydrogens is 190 g/mol. The Hall–Kier alpha value is -1.46. The molecule has 0 aliphatic rings. The number of nitriles is 1. The van der Waals surface area contributed by atoms with Gasteiger partial charge in [0, 0.05) is 5.75 Å². The molecule has 1 nitrogen and oxygen atoms in total. The molecule has 0 spiro atoms. The largest absolute Gasteiger partial charge is 0.192 e. The van der Waals surface area contributed by atoms with Crippen LogP contribution in [-0.2, 0) is 0 Å². The van der Waals surface area contributed by atoms with Crippen LogP contribution in [0.2, 0.25) is 0 Å². The van der Waals surface area contributed by atoms with Crippen LogP contribution in [0.5, 0.6) is 0 Å². The molecule has 14 heavy (non-hydrogen) atoms. The van der Waals surface area contributed by atoms with Crippen molar-refractivity contribution >= 4 is 17.3 Å². The summed E-state index contributed by atoms with van der Waals surface area (Å²) in [6.45, 7) is 3.62. The summed E-state index contributed by atoms with van der Waals surface area (Å²) in [5.41, 5.74) is 1.67. The normalized spacial score (nSPS) is 10.6. The van der Waals surface area contributed by atoms with E-state index >= 15 is 0 Å². The predicted octanol–water partition coefficient (Wildman–Crippen LogP) is 3.47. The van der Waals surface area contributed by atoms with Crippen molar-refractivity contribution in [2.24, 2.45) is 0 Å². The molecule has 0 saturated heterocycles. The lowest BCUT2D eigenvalue weighted by atomic mass is 10.1. The number of benzene rings is 1. The number of nitrogens with zero attached hydrogens (tertiary/aromatic N) is 1. The van der Waals surface area contributed by atoms with Gasteiger partial charge < -0.3 is 0 Å². The molecule has 0 unspecified atom stereocenters. The maximum Gasteiger partial charge on any atom is 0.100 e. The minimum Gasteiger partial charge on any atom is -0.192 e. The standard InChI is InChI=1S/C12H11NS/c1-2-8-14-10-12(9-13)11-6-4-3-5-7-11/h2-7,10H,1,8H2. The van der Waals surface area contributed by atoms with Crippen LogP contribution in [0.3, 0.4) is 0 Å². The van der Waals surface area contributed by atoms with Crippen LogP contribution < -0.4 is 0 Å². The summed E-state index contributed by atoms with van der Waals surface area (Å²) in [6, 6.07) is 11.8. The summed E-state index contributed by atoms with van der Waals surface area (Å²) in [6.07, 6.45) is 1.82. The van der Waals surface area contributed by atoms with Crippen molar-refractivity contribution in [3.8, 4) is 6.07 Å². The van der Waals surface area contributed by atoms with Gasteiger partial charge in [0.05, 0.1) is 5.57 Å². The van der Waals surface area contributed by atoms with Crippen molar-refractivity contribution < 1.29 is 0 Å². The maximum absolute atomic E-state index is 8.92. The van der Waals surface area contributed by atoms with Gasteiger partial charge in [-0.2, -0.15) is 5.26 Å². The van der Waals surface area contributed by atoms with E-state index in [1.165, 1.54) is 0 Å². The highest BCUT2D eigenvalue weighted by molar-refractivity contribution is 8.02. The summed E-state index contributed by atoms with van der Waals surface area (Å²) >= 11 is 1.58. The summed E-state index contributed by atoms with van der Waals surface area (Å²) in [4.78, 5) is 0. The van der Waals surface area contributed by atoms with E-state index in [1.54, 1.807) is 11.8 Å². The second-order valence-corrected chi connectivity index (χ2v) is 3.53. The van der Waals surface area contributed by atoms with Crippen molar-refractivity contribution in [1.82, 2.24) is 0 Å². The highest BCUT2D eigenvalue weighted by Gasteiger charge is 1.97. The lowest BCUT2D eigenvalue weighted by Crippen LogP contribution is -1.78. The second-order valence-electron chi connectivity index (χ2n) is 2.63. The van der Waals surface area contributed by atoms with Crippen molar-refractivity contribution in [1.29, 1.82) is 5.26 Å². The lowest BCUT2D eigenvalue weighted by molar-refractivity contribution is 1.52. The first-order valence-electron chi connectivity index (χ1n) is 4.26. The average Bonchev–Trinajstić information content (AvgIpc) is 2.26. The lowest BCUT2D eigenvalue weighted by Gasteiger charge is -1.96. The minimum absolute atomic E-state index is 0.706. The zero-order valence-electron chi connectivity index (χ0n) is 7.81. The van der Waals surface area contributed by atoms with E-state index in [9.17, 15) is 0 Å². The molecule has 0 N–H and O–H groups in total. The van der Waals surface area contributed by atoms with E-state index in [4.69, 9.17) is 5.26 Å². The first kappa shape index (κ1) is 10.6. The van der Waals surface area contributed by atoms with Crippen LogP contribution in [0.4, 0.5) is 0 Å². The number of hydrogen-bond acceptors (Lipinski definition) is 2. The van der Waals surface area contributed by atoms with Crippen molar-refractivity contribution in [2.75, 3.05) is 5.75 Å². The molecule has 2 heteroatoms. The van der Waals surface area contributed by atoms with E-state index in [0.29, 0.717) is 5.57 Å². The van der Waals surface area contributed by atoms with E-state index < -0.39 is 0 Å². The monoisotopic (exact) mass is 201 g/mol. The van der Waals surface area contributed by atoms with Gasteiger partial charge in [0.15, 0.2) is 0 Å². The van der Waals surface area contributed by atoms with Gasteiger partial charge in [0.25, 0.3) is 0 Å². The number of hydrogen-bond donors (Lipinski definition) is 0. The van der Waals surface area contributed by atoms with Gasteiger partial charge >= 0.3 is 0 Å². The van der Waals surface area contributed by atoms with Crippen LogP contribution in [0, 0.1) is 11.3 Å². The molecule has 0 fully saturated rings. The molecule has 0 aromatic heterocycles. The Balaban J connectivity index is 2.78. The predicted molar refractivity (Wildman–Crippen MR) is 62.7 cm³/mol. The molecule has 0 aliphatic carbocycles. The zero-order valence-corrected chi connectivity index (χ0v) is 8.63. The number of thioether (sulfide) groups is 1. The van der Waals surface area contributed by atoms with E-state index in [1.807, 2.05) is 41.8 Å². The fourth-order valence-electron chi connectivity index (χ4n) is 0.976. The third-order valence-electron chi connectivity index (χ3n) is 1.62. The molecule has 1 rings (SSSR count). The Morgan fingerprint density at radius 2 is 2.14 bits per heavy atom. The smallest absolute Gasteiger partial charge is 0.100 e. The minimum atomic E-state index is 0.706. The quantitative estimate of drug-likeness (QED) is 0.423. The van der Waals surface area contributed by atoms with E-state index in [0.717, 1.165) is 11.3 Å². The van der Waals surface area contributed by atoms with Crippen LogP contribution in [0.1, 0.15) is 5.56 Å². The van der Waals surface area contributed by atoms with Crippen molar-refractivity contribution in [3.05, 3.63) is 54.0 Å². The van der Waals surface area contributed by atoms with Crippen molar-refractivity contribution in [2.45, 2.75) is 0 Å². The Kier molecular flexibility index (Phi) is 4.60. The molecule has 0 bridgehead atoms. The van der Waals surface area contributed by atoms with Gasteiger partial charge in [0.2, 0.25) is 0 Å². The molecule has 0 atom stereocenters. The maximum atomic E-state index is 8.92. The molecular formula is C12H11NS. The van der Waals surface area contributed by atoms with Gasteiger partial charge in [-0.15, -0.1) is 18.3 Å². The van der Waals surface area contributed by atoms with Crippen LogP contribution in [0.25, 0.3) is 5.57 Å². The van der Waals surface area contributed by atoms with E-state index in [2.05, 4.69) is 12.6 Å². The number of allylic oxidation sites excluding steroid dienone is 1. The molecule has 1 aromatic rings. The van der Waals surface area contributed by atoms with Crippen LogP contribution >= 0.6 is 11.8 Å². The second kappa shape index (κ2) is 6.06. The average molecular weight is 201 g/mol. The Morgan fingerprint density at radius 1 is 1.43 bits per heavy atom. The Morgan fingerprint density at radius 3 is 2.71 bits per heavy atom. The molecule has 0 radical (unpaired) electrons. The van der Waals surface area contributed by atoms with Gasteiger partial charge in [-0.3, -0.25) is 0 Å². The molecule has 0 aliphatic heterocycles. The molecule has 1 aromatic carbocycles. The number of rotatable bonds is 4. The molecule has 70 valence electrons. The van der Waals surface area contributed by atoms with Gasteiger partial charge in [-0.25, -0.2) is 0 Å². The summed E-state index contributed by atoms with van der Waals surface area (Å²) in [7, 11) is 0. The topological polar surface area (TPSA) is 23.8 Å². The fraction of sp³-hybridized carbons (Fsp3) is 0.0833. The zero-order chi connectivity index (χ0) is 10.2. The SMILES string of the molecule is C=CCSC=C(C#N)c1ccccc1.